The molecule has 1 fully saturated rings. The second-order valence-corrected chi connectivity index (χ2v) is 7.49. The van der Waals surface area contributed by atoms with Gasteiger partial charge in [-0.3, -0.25) is 0 Å². The van der Waals surface area contributed by atoms with E-state index in [-0.39, 0.29) is 6.10 Å². The number of benzene rings is 1. The van der Waals surface area contributed by atoms with Crippen molar-refractivity contribution in [3.8, 4) is 5.75 Å². The van der Waals surface area contributed by atoms with E-state index in [0.717, 1.165) is 19.4 Å². The van der Waals surface area contributed by atoms with Gasteiger partial charge >= 0.3 is 0 Å². The third-order valence-electron chi connectivity index (χ3n) is 3.82. The average Bonchev–Trinajstić information content (AvgIpc) is 2.90. The minimum Gasteiger partial charge on any atom is -0.497 e. The van der Waals surface area contributed by atoms with E-state index in [2.05, 4.69) is 0 Å². The van der Waals surface area contributed by atoms with Crippen LogP contribution in [0.15, 0.2) is 17.0 Å². The molecule has 0 bridgehead atoms. The zero-order valence-electron chi connectivity index (χ0n) is 13.0. The van der Waals surface area contributed by atoms with Gasteiger partial charge in [0, 0.05) is 20.2 Å². The first-order chi connectivity index (χ1) is 9.86. The van der Waals surface area contributed by atoms with Crippen molar-refractivity contribution >= 4 is 10.0 Å². The molecule has 1 aliphatic rings. The van der Waals surface area contributed by atoms with Crippen LogP contribution < -0.4 is 4.74 Å². The van der Waals surface area contributed by atoms with E-state index in [9.17, 15) is 8.42 Å². The molecular formula is C15H23NO4S. The molecule has 1 heterocycles. The summed E-state index contributed by atoms with van der Waals surface area (Å²) >= 11 is 0. The van der Waals surface area contributed by atoms with E-state index in [0.29, 0.717) is 28.3 Å². The Hall–Kier alpha value is -1.11. The summed E-state index contributed by atoms with van der Waals surface area (Å²) in [6, 6.07) is 3.50. The summed E-state index contributed by atoms with van der Waals surface area (Å²) in [6.45, 7) is 4.71. The van der Waals surface area contributed by atoms with Gasteiger partial charge in [-0.2, -0.15) is 4.31 Å². The first kappa shape index (κ1) is 16.3. The fraction of sp³-hybridized carbons (Fsp3) is 0.600. The molecule has 21 heavy (non-hydrogen) atoms. The maximum absolute atomic E-state index is 12.8. The van der Waals surface area contributed by atoms with Gasteiger partial charge < -0.3 is 9.47 Å². The van der Waals surface area contributed by atoms with Crippen LogP contribution in [0.5, 0.6) is 5.75 Å². The first-order valence-corrected chi connectivity index (χ1v) is 8.53. The molecule has 0 aromatic heterocycles. The van der Waals surface area contributed by atoms with Crippen molar-refractivity contribution in [1.29, 1.82) is 0 Å². The smallest absolute Gasteiger partial charge is 0.243 e. The minimum atomic E-state index is -3.52. The van der Waals surface area contributed by atoms with E-state index in [1.54, 1.807) is 40.1 Å². The Labute approximate surface area is 126 Å². The first-order valence-electron chi connectivity index (χ1n) is 7.09. The maximum Gasteiger partial charge on any atom is 0.243 e. The number of rotatable bonds is 5. The van der Waals surface area contributed by atoms with Crippen LogP contribution in [-0.2, 0) is 14.8 Å². The lowest BCUT2D eigenvalue weighted by Crippen LogP contribution is -2.34. The summed E-state index contributed by atoms with van der Waals surface area (Å²) in [5.41, 5.74) is 1.40. The predicted octanol–water partition coefficient (Wildman–Crippen LogP) is 2.11. The number of hydrogen-bond acceptors (Lipinski definition) is 4. The van der Waals surface area contributed by atoms with E-state index in [4.69, 9.17) is 9.47 Å². The predicted molar refractivity (Wildman–Crippen MR) is 81.3 cm³/mol. The van der Waals surface area contributed by atoms with E-state index >= 15 is 0 Å². The largest absolute Gasteiger partial charge is 0.497 e. The SMILES string of the molecule is COc1cc(C)c(S(=O)(=O)N(C)CC2CCCO2)c(C)c1. The molecule has 0 spiro atoms. The Morgan fingerprint density at radius 3 is 2.43 bits per heavy atom. The van der Waals surface area contributed by atoms with Crippen LogP contribution in [-0.4, -0.2) is 46.1 Å². The number of likely N-dealkylation sites (N-methyl/N-ethyl adjacent to an activating group) is 1. The highest BCUT2D eigenvalue weighted by molar-refractivity contribution is 7.89. The molecule has 0 N–H and O–H groups in total. The van der Waals surface area contributed by atoms with Gasteiger partial charge in [-0.05, 0) is 49.9 Å². The Kier molecular flexibility index (Phi) is 4.91. The van der Waals surface area contributed by atoms with Gasteiger partial charge in [-0.15, -0.1) is 0 Å². The zero-order valence-corrected chi connectivity index (χ0v) is 13.9. The lowest BCUT2D eigenvalue weighted by atomic mass is 10.1. The van der Waals surface area contributed by atoms with Crippen LogP contribution in [0.25, 0.3) is 0 Å². The van der Waals surface area contributed by atoms with Crippen molar-refractivity contribution in [3.05, 3.63) is 23.3 Å². The Morgan fingerprint density at radius 2 is 1.95 bits per heavy atom. The molecule has 2 rings (SSSR count). The number of sulfonamides is 1. The summed E-state index contributed by atoms with van der Waals surface area (Å²) in [4.78, 5) is 0.365. The fourth-order valence-electron chi connectivity index (χ4n) is 2.76. The third-order valence-corrected chi connectivity index (χ3v) is 5.95. The number of methoxy groups -OCH3 is 1. The van der Waals surface area contributed by atoms with Crippen LogP contribution in [0.2, 0.25) is 0 Å². The van der Waals surface area contributed by atoms with Crippen molar-refractivity contribution in [2.45, 2.75) is 37.7 Å². The van der Waals surface area contributed by atoms with Crippen molar-refractivity contribution in [2.75, 3.05) is 27.3 Å². The average molecular weight is 313 g/mol. The van der Waals surface area contributed by atoms with E-state index in [1.165, 1.54) is 4.31 Å². The summed E-state index contributed by atoms with van der Waals surface area (Å²) in [6.07, 6.45) is 1.92. The zero-order chi connectivity index (χ0) is 15.6. The molecule has 1 unspecified atom stereocenters. The molecule has 1 saturated heterocycles. The molecule has 1 aliphatic heterocycles. The van der Waals surface area contributed by atoms with E-state index in [1.807, 2.05) is 0 Å². The van der Waals surface area contributed by atoms with Crippen molar-refractivity contribution in [1.82, 2.24) is 4.31 Å². The van der Waals surface area contributed by atoms with Gasteiger partial charge in [0.25, 0.3) is 0 Å². The van der Waals surface area contributed by atoms with Crippen LogP contribution in [0, 0.1) is 13.8 Å². The normalized spacial score (nSPS) is 19.2. The summed E-state index contributed by atoms with van der Waals surface area (Å²) < 4.78 is 37.7. The Morgan fingerprint density at radius 1 is 1.33 bits per heavy atom. The van der Waals surface area contributed by atoms with Gasteiger partial charge in [-0.25, -0.2) is 8.42 Å². The Balaban J connectivity index is 2.30. The lowest BCUT2D eigenvalue weighted by molar-refractivity contribution is 0.0978. The number of aryl methyl sites for hydroxylation is 2. The lowest BCUT2D eigenvalue weighted by Gasteiger charge is -2.23. The highest BCUT2D eigenvalue weighted by atomic mass is 32.2. The number of ether oxygens (including phenoxy) is 2. The Bertz CT molecular complexity index is 583. The fourth-order valence-corrected chi connectivity index (χ4v) is 4.37. The molecule has 1 aromatic rings. The molecule has 1 atom stereocenters. The molecule has 118 valence electrons. The minimum absolute atomic E-state index is 0.00337. The summed E-state index contributed by atoms with van der Waals surface area (Å²) in [5, 5.41) is 0. The van der Waals surface area contributed by atoms with Crippen LogP contribution >= 0.6 is 0 Å². The van der Waals surface area contributed by atoms with Crippen LogP contribution in [0.3, 0.4) is 0 Å². The van der Waals surface area contributed by atoms with Gasteiger partial charge in [0.2, 0.25) is 10.0 Å². The highest BCUT2D eigenvalue weighted by Crippen LogP contribution is 2.28. The van der Waals surface area contributed by atoms with E-state index < -0.39 is 10.0 Å². The van der Waals surface area contributed by atoms with Crippen molar-refractivity contribution in [2.24, 2.45) is 0 Å². The van der Waals surface area contributed by atoms with Gasteiger partial charge in [0.05, 0.1) is 18.1 Å². The molecule has 0 saturated carbocycles. The summed E-state index contributed by atoms with van der Waals surface area (Å²) in [5.74, 6) is 0.672. The second kappa shape index (κ2) is 6.34. The second-order valence-electron chi connectivity index (χ2n) is 5.51. The molecule has 0 aliphatic carbocycles. The molecule has 0 amide bonds. The molecule has 6 heteroatoms. The molecule has 0 radical (unpaired) electrons. The van der Waals surface area contributed by atoms with Gasteiger partial charge in [-0.1, -0.05) is 0 Å². The topological polar surface area (TPSA) is 55.8 Å². The summed E-state index contributed by atoms with van der Waals surface area (Å²) in [7, 11) is -0.328. The van der Waals surface area contributed by atoms with Crippen LogP contribution in [0.1, 0.15) is 24.0 Å². The van der Waals surface area contributed by atoms with Crippen LogP contribution in [0.4, 0.5) is 0 Å². The monoisotopic (exact) mass is 313 g/mol. The van der Waals surface area contributed by atoms with Gasteiger partial charge in [0.1, 0.15) is 5.75 Å². The van der Waals surface area contributed by atoms with Crippen molar-refractivity contribution in [3.63, 3.8) is 0 Å². The highest BCUT2D eigenvalue weighted by Gasteiger charge is 2.28. The number of hydrogen-bond donors (Lipinski definition) is 0. The quantitative estimate of drug-likeness (QED) is 0.835. The van der Waals surface area contributed by atoms with Gasteiger partial charge in [0.15, 0.2) is 0 Å². The molecule has 1 aromatic carbocycles. The third kappa shape index (κ3) is 3.39. The molecular weight excluding hydrogens is 290 g/mol. The molecule has 5 nitrogen and oxygen atoms in total. The van der Waals surface area contributed by atoms with Crippen molar-refractivity contribution < 1.29 is 17.9 Å². The number of nitrogens with zero attached hydrogens (tertiary/aromatic N) is 1. The standard InChI is InChI=1S/C15H23NO4S/c1-11-8-14(19-4)9-12(2)15(11)21(17,18)16(3)10-13-6-5-7-20-13/h8-9,13H,5-7,10H2,1-4H3. The maximum atomic E-state index is 12.8.